The monoisotopic (exact) mass is 299 g/mol. The van der Waals surface area contributed by atoms with Gasteiger partial charge in [-0.2, -0.15) is 0 Å². The van der Waals surface area contributed by atoms with Crippen LogP contribution in [-0.2, 0) is 6.42 Å². The molecular weight excluding hydrogens is 274 g/mol. The third kappa shape index (κ3) is 3.67. The minimum absolute atomic E-state index is 0.154. The van der Waals surface area contributed by atoms with Crippen molar-refractivity contribution in [3.05, 3.63) is 65.2 Å². The van der Waals surface area contributed by atoms with Gasteiger partial charge in [-0.3, -0.25) is 0 Å². The molecule has 0 spiro atoms. The van der Waals surface area contributed by atoms with Crippen LogP contribution in [0.1, 0.15) is 29.7 Å². The maximum atomic E-state index is 10.6. The van der Waals surface area contributed by atoms with Crippen LogP contribution in [0.3, 0.4) is 0 Å². The van der Waals surface area contributed by atoms with Gasteiger partial charge >= 0.3 is 0 Å². The predicted molar refractivity (Wildman–Crippen MR) is 90.0 cm³/mol. The maximum Gasteiger partial charge on any atom is 0.124 e. The SMILES string of the molecule is COc1ccccc1[C@@H](O)[C@H](N)C(C)Cc1ccccc1C. The van der Waals surface area contributed by atoms with Crippen molar-refractivity contribution in [2.45, 2.75) is 32.4 Å². The Bertz CT molecular complexity index is 612. The van der Waals surface area contributed by atoms with Crippen molar-refractivity contribution < 1.29 is 9.84 Å². The molecule has 22 heavy (non-hydrogen) atoms. The van der Waals surface area contributed by atoms with Crippen LogP contribution in [0.15, 0.2) is 48.5 Å². The van der Waals surface area contributed by atoms with Gasteiger partial charge in [0, 0.05) is 11.6 Å². The average molecular weight is 299 g/mol. The lowest BCUT2D eigenvalue weighted by atomic mass is 9.87. The summed E-state index contributed by atoms with van der Waals surface area (Å²) in [6, 6.07) is 15.4. The first-order valence-electron chi connectivity index (χ1n) is 7.65. The number of aliphatic hydroxyl groups is 1. The van der Waals surface area contributed by atoms with E-state index in [1.807, 2.05) is 36.4 Å². The largest absolute Gasteiger partial charge is 0.496 e. The van der Waals surface area contributed by atoms with Gasteiger partial charge in [0.2, 0.25) is 0 Å². The Morgan fingerprint density at radius 3 is 2.41 bits per heavy atom. The Kier molecular flexibility index (Phi) is 5.58. The number of methoxy groups -OCH3 is 1. The van der Waals surface area contributed by atoms with Crippen LogP contribution in [0.4, 0.5) is 0 Å². The Balaban J connectivity index is 2.13. The molecule has 0 fully saturated rings. The lowest BCUT2D eigenvalue weighted by Gasteiger charge is -2.26. The van der Waals surface area contributed by atoms with Crippen molar-refractivity contribution in [2.75, 3.05) is 7.11 Å². The van der Waals surface area contributed by atoms with E-state index in [1.165, 1.54) is 11.1 Å². The van der Waals surface area contributed by atoms with E-state index in [1.54, 1.807) is 7.11 Å². The van der Waals surface area contributed by atoms with Gasteiger partial charge in [0.15, 0.2) is 0 Å². The fourth-order valence-corrected chi connectivity index (χ4v) is 2.75. The molecule has 0 heterocycles. The zero-order valence-corrected chi connectivity index (χ0v) is 13.5. The molecule has 1 unspecified atom stereocenters. The summed E-state index contributed by atoms with van der Waals surface area (Å²) >= 11 is 0. The van der Waals surface area contributed by atoms with Crippen molar-refractivity contribution in [3.8, 4) is 5.75 Å². The van der Waals surface area contributed by atoms with E-state index in [0.29, 0.717) is 5.75 Å². The summed E-state index contributed by atoms with van der Waals surface area (Å²) in [6.07, 6.45) is 0.107. The second kappa shape index (κ2) is 7.43. The highest BCUT2D eigenvalue weighted by atomic mass is 16.5. The average Bonchev–Trinajstić information content (AvgIpc) is 2.55. The number of rotatable bonds is 6. The summed E-state index contributed by atoms with van der Waals surface area (Å²) in [6.45, 7) is 4.18. The van der Waals surface area contributed by atoms with E-state index < -0.39 is 6.10 Å². The summed E-state index contributed by atoms with van der Waals surface area (Å²) in [5.41, 5.74) is 9.59. The first-order valence-corrected chi connectivity index (χ1v) is 7.65. The van der Waals surface area contributed by atoms with Crippen molar-refractivity contribution >= 4 is 0 Å². The minimum Gasteiger partial charge on any atom is -0.496 e. The number of aliphatic hydroxyl groups excluding tert-OH is 1. The van der Waals surface area contributed by atoms with Crippen LogP contribution in [0.2, 0.25) is 0 Å². The zero-order chi connectivity index (χ0) is 16.1. The van der Waals surface area contributed by atoms with Gasteiger partial charge in [-0.15, -0.1) is 0 Å². The van der Waals surface area contributed by atoms with Crippen LogP contribution in [0, 0.1) is 12.8 Å². The molecule has 0 aliphatic rings. The van der Waals surface area contributed by atoms with Gasteiger partial charge in [-0.25, -0.2) is 0 Å². The summed E-state index contributed by atoms with van der Waals surface area (Å²) < 4.78 is 5.32. The van der Waals surface area contributed by atoms with Crippen LogP contribution >= 0.6 is 0 Å². The molecule has 3 N–H and O–H groups in total. The summed E-state index contributed by atoms with van der Waals surface area (Å²) in [5, 5.41) is 10.6. The van der Waals surface area contributed by atoms with Gasteiger partial charge in [0.1, 0.15) is 5.75 Å². The van der Waals surface area contributed by atoms with Crippen LogP contribution in [-0.4, -0.2) is 18.3 Å². The molecule has 0 saturated heterocycles. The molecule has 0 amide bonds. The summed E-state index contributed by atoms with van der Waals surface area (Å²) in [5.74, 6) is 0.828. The second-order valence-electron chi connectivity index (χ2n) is 5.87. The Hall–Kier alpha value is -1.84. The third-order valence-corrected chi connectivity index (χ3v) is 4.28. The molecule has 0 aliphatic carbocycles. The molecule has 3 heteroatoms. The molecule has 0 aliphatic heterocycles. The molecular formula is C19H25NO2. The molecule has 0 radical (unpaired) electrons. The Morgan fingerprint density at radius 1 is 1.09 bits per heavy atom. The van der Waals surface area contributed by atoms with Crippen LogP contribution in [0.5, 0.6) is 5.75 Å². The van der Waals surface area contributed by atoms with Gasteiger partial charge in [0.25, 0.3) is 0 Å². The van der Waals surface area contributed by atoms with E-state index in [-0.39, 0.29) is 12.0 Å². The number of aryl methyl sites for hydroxylation is 1. The first-order chi connectivity index (χ1) is 10.5. The van der Waals surface area contributed by atoms with Crippen molar-refractivity contribution in [1.29, 1.82) is 0 Å². The Morgan fingerprint density at radius 2 is 1.73 bits per heavy atom. The fourth-order valence-electron chi connectivity index (χ4n) is 2.75. The number of hydrogen-bond acceptors (Lipinski definition) is 3. The molecule has 0 aromatic heterocycles. The molecule has 3 atom stereocenters. The maximum absolute atomic E-state index is 10.6. The highest BCUT2D eigenvalue weighted by molar-refractivity contribution is 5.36. The minimum atomic E-state index is -0.741. The standard InChI is InChI=1S/C19H25NO2/c1-13-8-4-5-9-15(13)12-14(2)18(20)19(21)16-10-6-7-11-17(16)22-3/h4-11,14,18-19,21H,12,20H2,1-3H3/t14?,18-,19-/m1/s1. The zero-order valence-electron chi connectivity index (χ0n) is 13.5. The van der Waals surface area contributed by atoms with E-state index in [9.17, 15) is 5.11 Å². The van der Waals surface area contributed by atoms with Gasteiger partial charge in [-0.05, 0) is 36.5 Å². The highest BCUT2D eigenvalue weighted by Gasteiger charge is 2.25. The van der Waals surface area contributed by atoms with Gasteiger partial charge in [0.05, 0.1) is 13.2 Å². The van der Waals surface area contributed by atoms with E-state index in [2.05, 4.69) is 26.0 Å². The quantitative estimate of drug-likeness (QED) is 0.861. The summed E-state index contributed by atoms with van der Waals surface area (Å²) in [7, 11) is 1.60. The molecule has 2 aromatic carbocycles. The highest BCUT2D eigenvalue weighted by Crippen LogP contribution is 2.29. The lowest BCUT2D eigenvalue weighted by molar-refractivity contribution is 0.118. The number of ether oxygens (including phenoxy) is 1. The molecule has 0 saturated carbocycles. The van der Waals surface area contributed by atoms with Crippen molar-refractivity contribution in [1.82, 2.24) is 0 Å². The molecule has 3 nitrogen and oxygen atoms in total. The lowest BCUT2D eigenvalue weighted by Crippen LogP contribution is -2.36. The second-order valence-corrected chi connectivity index (χ2v) is 5.87. The van der Waals surface area contributed by atoms with Crippen molar-refractivity contribution in [3.63, 3.8) is 0 Å². The molecule has 118 valence electrons. The number of para-hydroxylation sites is 1. The van der Waals surface area contributed by atoms with Crippen LogP contribution < -0.4 is 10.5 Å². The van der Waals surface area contributed by atoms with E-state index >= 15 is 0 Å². The first kappa shape index (κ1) is 16.5. The fraction of sp³-hybridized carbons (Fsp3) is 0.368. The number of benzene rings is 2. The smallest absolute Gasteiger partial charge is 0.124 e. The topological polar surface area (TPSA) is 55.5 Å². The van der Waals surface area contributed by atoms with Gasteiger partial charge < -0.3 is 15.6 Å². The van der Waals surface area contributed by atoms with E-state index in [4.69, 9.17) is 10.5 Å². The van der Waals surface area contributed by atoms with Crippen molar-refractivity contribution in [2.24, 2.45) is 11.7 Å². The molecule has 2 aromatic rings. The van der Waals surface area contributed by atoms with Crippen LogP contribution in [0.25, 0.3) is 0 Å². The normalized spacial score (nSPS) is 15.1. The van der Waals surface area contributed by atoms with Gasteiger partial charge in [-0.1, -0.05) is 49.4 Å². The Labute approximate surface area is 132 Å². The summed E-state index contributed by atoms with van der Waals surface area (Å²) in [4.78, 5) is 0. The molecule has 2 rings (SSSR count). The third-order valence-electron chi connectivity index (χ3n) is 4.28. The number of hydrogen-bond donors (Lipinski definition) is 2. The number of nitrogens with two attached hydrogens (primary N) is 1. The molecule has 0 bridgehead atoms. The van der Waals surface area contributed by atoms with E-state index in [0.717, 1.165) is 12.0 Å². The predicted octanol–water partition coefficient (Wildman–Crippen LogP) is 3.24.